The Morgan fingerprint density at radius 1 is 1.07 bits per heavy atom. The van der Waals surface area contributed by atoms with Crippen LogP contribution in [0.15, 0.2) is 61.2 Å². The number of allylic oxidation sites excluding steroid dienone is 1. The van der Waals surface area contributed by atoms with Crippen molar-refractivity contribution in [2.75, 3.05) is 20.3 Å². The standard InChI is InChI=1S/C22H21NO4/c1-3-8-17-9-4-5-10-20(17)27-16-7-6-15-23-21(24)18-11-13-19(14-12-18)22(25)26-2/h3-5,9-14H,1,8,15-16H2,2H3,(H,23,24). The molecule has 2 aromatic carbocycles. The van der Waals surface area contributed by atoms with Gasteiger partial charge in [-0.2, -0.15) is 0 Å². The molecule has 0 aliphatic heterocycles. The first-order chi connectivity index (χ1) is 13.2. The number of rotatable bonds is 7. The number of ether oxygens (including phenoxy) is 2. The zero-order chi connectivity index (χ0) is 19.5. The quantitative estimate of drug-likeness (QED) is 0.467. The highest BCUT2D eigenvalue weighted by molar-refractivity contribution is 5.96. The monoisotopic (exact) mass is 363 g/mol. The summed E-state index contributed by atoms with van der Waals surface area (Å²) < 4.78 is 10.3. The first-order valence-corrected chi connectivity index (χ1v) is 8.39. The summed E-state index contributed by atoms with van der Waals surface area (Å²) in [5, 5.41) is 2.69. The number of nitrogens with one attached hydrogen (secondary N) is 1. The van der Waals surface area contributed by atoms with Gasteiger partial charge in [-0.15, -0.1) is 6.58 Å². The van der Waals surface area contributed by atoms with E-state index in [2.05, 4.69) is 28.5 Å². The first kappa shape index (κ1) is 19.8. The normalized spacial score (nSPS) is 9.52. The van der Waals surface area contributed by atoms with Crippen molar-refractivity contribution in [3.63, 3.8) is 0 Å². The van der Waals surface area contributed by atoms with E-state index in [1.807, 2.05) is 30.3 Å². The van der Waals surface area contributed by atoms with Gasteiger partial charge in [-0.3, -0.25) is 4.79 Å². The largest absolute Gasteiger partial charge is 0.481 e. The van der Waals surface area contributed by atoms with Crippen LogP contribution >= 0.6 is 0 Å². The summed E-state index contributed by atoms with van der Waals surface area (Å²) in [6, 6.07) is 13.9. The van der Waals surface area contributed by atoms with Crippen molar-refractivity contribution in [3.05, 3.63) is 77.9 Å². The van der Waals surface area contributed by atoms with Gasteiger partial charge in [-0.05, 0) is 42.3 Å². The molecule has 0 aromatic heterocycles. The lowest BCUT2D eigenvalue weighted by Gasteiger charge is -2.07. The average molecular weight is 363 g/mol. The Hall–Kier alpha value is -3.52. The van der Waals surface area contributed by atoms with E-state index in [0.29, 0.717) is 11.1 Å². The van der Waals surface area contributed by atoms with Crippen LogP contribution in [0.2, 0.25) is 0 Å². The number of amides is 1. The van der Waals surface area contributed by atoms with Crippen LogP contribution in [-0.4, -0.2) is 32.1 Å². The van der Waals surface area contributed by atoms with Crippen LogP contribution < -0.4 is 10.1 Å². The van der Waals surface area contributed by atoms with E-state index in [-0.39, 0.29) is 19.1 Å². The van der Waals surface area contributed by atoms with Gasteiger partial charge in [-0.25, -0.2) is 4.79 Å². The number of esters is 1. The van der Waals surface area contributed by atoms with E-state index in [1.165, 1.54) is 7.11 Å². The lowest BCUT2D eigenvalue weighted by atomic mass is 10.1. The molecule has 0 saturated heterocycles. The molecule has 0 unspecified atom stereocenters. The van der Waals surface area contributed by atoms with Crippen LogP contribution in [0.5, 0.6) is 5.75 Å². The SMILES string of the molecule is C=CCc1ccccc1OCC#CCNC(=O)c1ccc(C(=O)OC)cc1. The second kappa shape index (κ2) is 10.5. The van der Waals surface area contributed by atoms with Gasteiger partial charge in [0.05, 0.1) is 19.2 Å². The molecular formula is C22H21NO4. The maximum Gasteiger partial charge on any atom is 0.337 e. The lowest BCUT2D eigenvalue weighted by Crippen LogP contribution is -2.23. The minimum atomic E-state index is -0.442. The number of methoxy groups -OCH3 is 1. The Kier molecular flexibility index (Phi) is 7.68. The van der Waals surface area contributed by atoms with Crippen LogP contribution in [-0.2, 0) is 11.2 Å². The molecule has 0 spiro atoms. The molecule has 5 heteroatoms. The molecule has 1 amide bonds. The number of hydrogen-bond acceptors (Lipinski definition) is 4. The smallest absolute Gasteiger partial charge is 0.337 e. The summed E-state index contributed by atoms with van der Waals surface area (Å²) in [4.78, 5) is 23.4. The number of carbonyl (C=O) groups excluding carboxylic acids is 2. The molecular weight excluding hydrogens is 342 g/mol. The van der Waals surface area contributed by atoms with Crippen molar-refractivity contribution in [3.8, 4) is 17.6 Å². The second-order valence-electron chi connectivity index (χ2n) is 5.49. The molecule has 2 aromatic rings. The van der Waals surface area contributed by atoms with Gasteiger partial charge in [0.15, 0.2) is 0 Å². The molecule has 5 nitrogen and oxygen atoms in total. The highest BCUT2D eigenvalue weighted by Crippen LogP contribution is 2.18. The number of carbonyl (C=O) groups is 2. The first-order valence-electron chi connectivity index (χ1n) is 8.39. The minimum absolute atomic E-state index is 0.204. The third-order valence-electron chi connectivity index (χ3n) is 3.67. The average Bonchev–Trinajstić information content (AvgIpc) is 2.71. The van der Waals surface area contributed by atoms with E-state index in [0.717, 1.165) is 17.7 Å². The molecule has 0 radical (unpaired) electrons. The minimum Gasteiger partial charge on any atom is -0.481 e. The van der Waals surface area contributed by atoms with Gasteiger partial charge >= 0.3 is 5.97 Å². The summed E-state index contributed by atoms with van der Waals surface area (Å²) in [5.74, 6) is 5.78. The predicted molar refractivity (Wildman–Crippen MR) is 104 cm³/mol. The van der Waals surface area contributed by atoms with Gasteiger partial charge in [-0.1, -0.05) is 36.1 Å². The molecule has 0 aliphatic carbocycles. The van der Waals surface area contributed by atoms with E-state index in [4.69, 9.17) is 4.74 Å². The van der Waals surface area contributed by atoms with Crippen molar-refractivity contribution in [2.24, 2.45) is 0 Å². The molecule has 1 N–H and O–H groups in total. The fourth-order valence-corrected chi connectivity index (χ4v) is 2.30. The Bertz CT molecular complexity index is 860. The third kappa shape index (κ3) is 6.05. The van der Waals surface area contributed by atoms with E-state index >= 15 is 0 Å². The Balaban J connectivity index is 1.79. The molecule has 0 saturated carbocycles. The fraction of sp³-hybridized carbons (Fsp3) is 0.182. The molecule has 27 heavy (non-hydrogen) atoms. The Morgan fingerprint density at radius 2 is 1.78 bits per heavy atom. The Morgan fingerprint density at radius 3 is 2.48 bits per heavy atom. The highest BCUT2D eigenvalue weighted by atomic mass is 16.5. The van der Waals surface area contributed by atoms with E-state index in [1.54, 1.807) is 24.3 Å². The van der Waals surface area contributed by atoms with E-state index in [9.17, 15) is 9.59 Å². The highest BCUT2D eigenvalue weighted by Gasteiger charge is 2.08. The predicted octanol–water partition coefficient (Wildman–Crippen LogP) is 3.01. The Labute approximate surface area is 159 Å². The van der Waals surface area contributed by atoms with Crippen LogP contribution in [0.25, 0.3) is 0 Å². The molecule has 0 bridgehead atoms. The number of benzene rings is 2. The van der Waals surface area contributed by atoms with Crippen molar-refractivity contribution in [2.45, 2.75) is 6.42 Å². The van der Waals surface area contributed by atoms with Crippen LogP contribution in [0.1, 0.15) is 26.3 Å². The molecule has 138 valence electrons. The summed E-state index contributed by atoms with van der Waals surface area (Å²) in [6.45, 7) is 4.17. The summed E-state index contributed by atoms with van der Waals surface area (Å²) in [6.07, 6.45) is 2.55. The van der Waals surface area contributed by atoms with Gasteiger partial charge in [0.2, 0.25) is 0 Å². The zero-order valence-corrected chi connectivity index (χ0v) is 15.2. The van der Waals surface area contributed by atoms with Gasteiger partial charge < -0.3 is 14.8 Å². The molecule has 0 atom stereocenters. The number of hydrogen-bond donors (Lipinski definition) is 1. The topological polar surface area (TPSA) is 64.6 Å². The molecule has 2 rings (SSSR count). The summed E-state index contributed by atoms with van der Waals surface area (Å²) >= 11 is 0. The van der Waals surface area contributed by atoms with Crippen molar-refractivity contribution in [1.82, 2.24) is 5.32 Å². The van der Waals surface area contributed by atoms with Gasteiger partial charge in [0.1, 0.15) is 12.4 Å². The summed E-state index contributed by atoms with van der Waals surface area (Å²) in [5.41, 5.74) is 1.89. The summed E-state index contributed by atoms with van der Waals surface area (Å²) in [7, 11) is 1.31. The molecule has 0 aliphatic rings. The van der Waals surface area contributed by atoms with E-state index < -0.39 is 5.97 Å². The maximum absolute atomic E-state index is 12.0. The van der Waals surface area contributed by atoms with Crippen LogP contribution in [0, 0.1) is 11.8 Å². The van der Waals surface area contributed by atoms with Crippen molar-refractivity contribution in [1.29, 1.82) is 0 Å². The second-order valence-corrected chi connectivity index (χ2v) is 5.49. The third-order valence-corrected chi connectivity index (χ3v) is 3.67. The lowest BCUT2D eigenvalue weighted by molar-refractivity contribution is 0.0600. The fourth-order valence-electron chi connectivity index (χ4n) is 2.30. The van der Waals surface area contributed by atoms with Crippen LogP contribution in [0.4, 0.5) is 0 Å². The van der Waals surface area contributed by atoms with Crippen molar-refractivity contribution >= 4 is 11.9 Å². The molecule has 0 heterocycles. The van der Waals surface area contributed by atoms with Crippen molar-refractivity contribution < 1.29 is 19.1 Å². The van der Waals surface area contributed by atoms with Gasteiger partial charge in [0, 0.05) is 5.56 Å². The molecule has 0 fully saturated rings. The van der Waals surface area contributed by atoms with Crippen LogP contribution in [0.3, 0.4) is 0 Å². The van der Waals surface area contributed by atoms with Gasteiger partial charge in [0.25, 0.3) is 5.91 Å². The zero-order valence-electron chi connectivity index (χ0n) is 15.2. The number of para-hydroxylation sites is 1. The maximum atomic E-state index is 12.0.